The number of benzene rings is 2. The molecule has 0 amide bonds. The van der Waals surface area contributed by atoms with E-state index < -0.39 is 17.6 Å². The Morgan fingerprint density at radius 2 is 1.65 bits per heavy atom. The molecule has 106 valence electrons. The minimum Gasteiger partial charge on any atom is -0.398 e. The highest BCUT2D eigenvalue weighted by Crippen LogP contribution is 2.38. The Kier molecular flexibility index (Phi) is 3.46. The Balaban J connectivity index is 2.70. The molecule has 0 aliphatic carbocycles. The van der Waals surface area contributed by atoms with Gasteiger partial charge in [-0.3, -0.25) is 0 Å². The van der Waals surface area contributed by atoms with Gasteiger partial charge in [0, 0.05) is 5.69 Å². The second kappa shape index (κ2) is 4.81. The lowest BCUT2D eigenvalue weighted by Crippen LogP contribution is -2.09. The fraction of sp³-hybridized carbons (Fsp3) is 0.200. The maximum Gasteiger partial charge on any atom is 0.416 e. The number of nitrogens with two attached hydrogens (primary N) is 1. The smallest absolute Gasteiger partial charge is 0.398 e. The van der Waals surface area contributed by atoms with E-state index in [1.165, 1.54) is 31.2 Å². The monoisotopic (exact) mass is 283 g/mol. The molecular weight excluding hydrogens is 270 g/mol. The second-order valence-electron chi connectivity index (χ2n) is 4.70. The van der Waals surface area contributed by atoms with E-state index in [0.29, 0.717) is 11.1 Å². The van der Waals surface area contributed by atoms with Crippen LogP contribution in [0.3, 0.4) is 0 Å². The number of hydrogen-bond donors (Lipinski definition) is 1. The molecule has 0 saturated heterocycles. The number of nitrogen functional groups attached to an aromatic ring is 1. The second-order valence-corrected chi connectivity index (χ2v) is 4.70. The van der Waals surface area contributed by atoms with Gasteiger partial charge in [0.25, 0.3) is 0 Å². The number of anilines is 1. The number of hydrogen-bond acceptors (Lipinski definition) is 1. The van der Waals surface area contributed by atoms with Crippen molar-refractivity contribution in [2.24, 2.45) is 0 Å². The summed E-state index contributed by atoms with van der Waals surface area (Å²) in [6, 6.07) is 6.44. The van der Waals surface area contributed by atoms with E-state index in [4.69, 9.17) is 5.73 Å². The molecule has 0 atom stereocenters. The van der Waals surface area contributed by atoms with Crippen molar-refractivity contribution in [3.8, 4) is 11.1 Å². The van der Waals surface area contributed by atoms with E-state index in [1.54, 1.807) is 6.92 Å². The summed E-state index contributed by atoms with van der Waals surface area (Å²) in [5, 5.41) is 0. The van der Waals surface area contributed by atoms with Crippen LogP contribution in [0.2, 0.25) is 0 Å². The molecule has 0 aliphatic rings. The summed E-state index contributed by atoms with van der Waals surface area (Å²) in [7, 11) is 0. The minimum atomic E-state index is -4.49. The Labute approximate surface area is 114 Å². The van der Waals surface area contributed by atoms with Crippen LogP contribution in [-0.2, 0) is 6.18 Å². The Morgan fingerprint density at radius 1 is 1.00 bits per heavy atom. The van der Waals surface area contributed by atoms with Gasteiger partial charge < -0.3 is 5.73 Å². The average Bonchev–Trinajstić information content (AvgIpc) is 2.34. The van der Waals surface area contributed by atoms with E-state index in [2.05, 4.69) is 0 Å². The van der Waals surface area contributed by atoms with Crippen molar-refractivity contribution in [2.45, 2.75) is 20.0 Å². The summed E-state index contributed by atoms with van der Waals surface area (Å²) in [5.74, 6) is -0.502. The molecule has 0 heterocycles. The fourth-order valence-corrected chi connectivity index (χ4v) is 2.09. The van der Waals surface area contributed by atoms with Crippen LogP contribution in [0.5, 0.6) is 0 Å². The molecule has 0 saturated carbocycles. The van der Waals surface area contributed by atoms with Crippen LogP contribution in [0.25, 0.3) is 11.1 Å². The van der Waals surface area contributed by atoms with Gasteiger partial charge in [0.15, 0.2) is 0 Å². The molecule has 0 bridgehead atoms. The predicted molar refractivity (Wildman–Crippen MR) is 70.7 cm³/mol. The fourth-order valence-electron chi connectivity index (χ4n) is 2.09. The summed E-state index contributed by atoms with van der Waals surface area (Å²) in [6.45, 7) is 3.03. The summed E-state index contributed by atoms with van der Waals surface area (Å²) in [4.78, 5) is 0. The number of rotatable bonds is 1. The molecule has 2 rings (SSSR count). The van der Waals surface area contributed by atoms with E-state index in [-0.39, 0.29) is 16.8 Å². The van der Waals surface area contributed by atoms with Crippen LogP contribution in [-0.4, -0.2) is 0 Å². The molecule has 1 nitrogen and oxygen atoms in total. The maximum atomic E-state index is 13.3. The van der Waals surface area contributed by atoms with Crippen molar-refractivity contribution in [3.05, 3.63) is 52.8 Å². The van der Waals surface area contributed by atoms with Crippen molar-refractivity contribution < 1.29 is 17.6 Å². The van der Waals surface area contributed by atoms with Gasteiger partial charge >= 0.3 is 6.18 Å². The van der Waals surface area contributed by atoms with Crippen molar-refractivity contribution in [3.63, 3.8) is 0 Å². The van der Waals surface area contributed by atoms with Crippen molar-refractivity contribution in [1.82, 2.24) is 0 Å². The first-order valence-electron chi connectivity index (χ1n) is 5.94. The van der Waals surface area contributed by atoms with Gasteiger partial charge in [-0.25, -0.2) is 4.39 Å². The molecule has 2 N–H and O–H groups in total. The SMILES string of the molecule is Cc1ccc(F)cc1-c1cc(N)c(C)c(C(F)(F)F)c1. The Morgan fingerprint density at radius 3 is 2.25 bits per heavy atom. The van der Waals surface area contributed by atoms with E-state index >= 15 is 0 Å². The van der Waals surface area contributed by atoms with Gasteiger partial charge in [-0.15, -0.1) is 0 Å². The molecule has 0 aromatic heterocycles. The highest BCUT2D eigenvalue weighted by molar-refractivity contribution is 5.73. The van der Waals surface area contributed by atoms with Crippen LogP contribution in [0, 0.1) is 19.7 Å². The zero-order valence-corrected chi connectivity index (χ0v) is 11.0. The highest BCUT2D eigenvalue weighted by Gasteiger charge is 2.33. The molecule has 2 aromatic rings. The van der Waals surface area contributed by atoms with E-state index in [0.717, 1.165) is 6.07 Å². The summed E-state index contributed by atoms with van der Waals surface area (Å²) < 4.78 is 52.2. The molecule has 0 unspecified atom stereocenters. The molecule has 0 radical (unpaired) electrons. The molecule has 5 heteroatoms. The number of aryl methyl sites for hydroxylation is 1. The molecule has 0 aliphatic heterocycles. The van der Waals surface area contributed by atoms with E-state index in [1.807, 2.05) is 0 Å². The van der Waals surface area contributed by atoms with Gasteiger partial charge in [0.05, 0.1) is 5.56 Å². The van der Waals surface area contributed by atoms with Crippen LogP contribution in [0.15, 0.2) is 30.3 Å². The molecule has 2 aromatic carbocycles. The van der Waals surface area contributed by atoms with Crippen molar-refractivity contribution in [2.75, 3.05) is 5.73 Å². The predicted octanol–water partition coefficient (Wildman–Crippen LogP) is 4.71. The molecule has 0 spiro atoms. The molecule has 0 fully saturated rings. The summed E-state index contributed by atoms with van der Waals surface area (Å²) >= 11 is 0. The third-order valence-electron chi connectivity index (χ3n) is 3.26. The van der Waals surface area contributed by atoms with Gasteiger partial charge in [-0.2, -0.15) is 13.2 Å². The summed E-state index contributed by atoms with van der Waals surface area (Å²) in [5.41, 5.74) is 6.23. The Hall–Kier alpha value is -2.04. The van der Waals surface area contributed by atoms with Gasteiger partial charge in [0.2, 0.25) is 0 Å². The summed E-state index contributed by atoms with van der Waals surface area (Å²) in [6.07, 6.45) is -4.49. The first-order valence-corrected chi connectivity index (χ1v) is 5.94. The molecule has 20 heavy (non-hydrogen) atoms. The maximum absolute atomic E-state index is 13.3. The standard InChI is InChI=1S/C15H13F4N/c1-8-3-4-11(16)7-12(8)10-5-13(15(17,18)19)9(2)14(20)6-10/h3-7H,20H2,1-2H3. The normalized spacial score (nSPS) is 11.7. The van der Waals surface area contributed by atoms with Gasteiger partial charge in [-0.05, 0) is 60.4 Å². The first kappa shape index (κ1) is 14.4. The quantitative estimate of drug-likeness (QED) is 0.595. The zero-order valence-electron chi connectivity index (χ0n) is 11.0. The van der Waals surface area contributed by atoms with Gasteiger partial charge in [0.1, 0.15) is 5.82 Å². The molecular formula is C15H13F4N. The largest absolute Gasteiger partial charge is 0.416 e. The minimum absolute atomic E-state index is 0.0182. The lowest BCUT2D eigenvalue weighted by molar-refractivity contribution is -0.137. The van der Waals surface area contributed by atoms with Crippen molar-refractivity contribution in [1.29, 1.82) is 0 Å². The average molecular weight is 283 g/mol. The lowest BCUT2D eigenvalue weighted by atomic mass is 9.95. The van der Waals surface area contributed by atoms with Crippen LogP contribution in [0.4, 0.5) is 23.2 Å². The topological polar surface area (TPSA) is 26.0 Å². The van der Waals surface area contributed by atoms with E-state index in [9.17, 15) is 17.6 Å². The highest BCUT2D eigenvalue weighted by atomic mass is 19.4. The van der Waals surface area contributed by atoms with Crippen LogP contribution < -0.4 is 5.73 Å². The third kappa shape index (κ3) is 2.61. The lowest BCUT2D eigenvalue weighted by Gasteiger charge is -2.15. The first-order chi connectivity index (χ1) is 9.20. The van der Waals surface area contributed by atoms with Crippen LogP contribution >= 0.6 is 0 Å². The van der Waals surface area contributed by atoms with Crippen LogP contribution in [0.1, 0.15) is 16.7 Å². The van der Waals surface area contributed by atoms with Crippen molar-refractivity contribution >= 4 is 5.69 Å². The number of halogens is 4. The zero-order chi connectivity index (χ0) is 15.1. The third-order valence-corrected chi connectivity index (χ3v) is 3.26. The Bertz CT molecular complexity index is 660. The van der Waals surface area contributed by atoms with Gasteiger partial charge in [-0.1, -0.05) is 6.07 Å². The number of alkyl halides is 3.